The number of hydrogen-bond donors (Lipinski definition) is 2. The Balaban J connectivity index is 1.77. The summed E-state index contributed by atoms with van der Waals surface area (Å²) in [5, 5.41) is 4.98. The maximum atomic E-state index is 12.6. The van der Waals surface area contributed by atoms with Gasteiger partial charge in [-0.25, -0.2) is 0 Å². The average Bonchev–Trinajstić information content (AvgIpc) is 3.16. The quantitative estimate of drug-likeness (QED) is 0.363. The zero-order valence-corrected chi connectivity index (χ0v) is 19.7. The van der Waals surface area contributed by atoms with Gasteiger partial charge >= 0.3 is 0 Å². The van der Waals surface area contributed by atoms with Crippen molar-refractivity contribution in [3.8, 4) is 17.0 Å². The monoisotopic (exact) mass is 461 g/mol. The third kappa shape index (κ3) is 5.73. The van der Waals surface area contributed by atoms with Crippen LogP contribution in [0, 0.1) is 0 Å². The van der Waals surface area contributed by atoms with Crippen LogP contribution < -0.4 is 10.1 Å². The minimum absolute atomic E-state index is 0.0951. The molecular weight excluding hydrogens is 433 g/mol. The fourth-order valence-electron chi connectivity index (χ4n) is 3.58. The summed E-state index contributed by atoms with van der Waals surface area (Å²) in [5.74, 6) is 0.560. The maximum absolute atomic E-state index is 12.6. The molecular formula is C24H29Cl2N3O2. The predicted octanol–water partition coefficient (Wildman–Crippen LogP) is 6.00. The van der Waals surface area contributed by atoms with Gasteiger partial charge < -0.3 is 19.9 Å². The second kappa shape index (κ2) is 10.9. The lowest BCUT2D eigenvalue weighted by atomic mass is 10.1. The molecule has 0 aliphatic rings. The normalized spacial score (nSPS) is 11.3. The number of rotatable bonds is 10. The van der Waals surface area contributed by atoms with Crippen molar-refractivity contribution < 1.29 is 9.53 Å². The first-order valence-corrected chi connectivity index (χ1v) is 11.5. The highest BCUT2D eigenvalue weighted by molar-refractivity contribution is 6.42. The number of nitrogens with one attached hydrogen (secondary N) is 2. The van der Waals surface area contributed by atoms with Crippen molar-refractivity contribution in [2.75, 3.05) is 32.8 Å². The summed E-state index contributed by atoms with van der Waals surface area (Å²) >= 11 is 12.3. The molecule has 0 atom stereocenters. The number of fused-ring (bicyclic) bond motifs is 1. The Kier molecular flexibility index (Phi) is 8.24. The van der Waals surface area contributed by atoms with Gasteiger partial charge in [0.1, 0.15) is 5.75 Å². The highest BCUT2D eigenvalue weighted by Crippen LogP contribution is 2.35. The molecule has 0 saturated carbocycles. The maximum Gasteiger partial charge on any atom is 0.251 e. The molecule has 1 heterocycles. The molecule has 2 aromatic carbocycles. The molecule has 166 valence electrons. The number of amides is 1. The number of carbonyl (C=O) groups excluding carboxylic acids is 1. The molecule has 0 aliphatic heterocycles. The van der Waals surface area contributed by atoms with E-state index in [1.54, 1.807) is 6.07 Å². The lowest BCUT2D eigenvalue weighted by Crippen LogP contribution is -2.29. The molecule has 0 spiro atoms. The van der Waals surface area contributed by atoms with Crippen molar-refractivity contribution >= 4 is 40.0 Å². The van der Waals surface area contributed by atoms with Gasteiger partial charge in [-0.1, -0.05) is 37.0 Å². The summed E-state index contributed by atoms with van der Waals surface area (Å²) in [6.07, 6.45) is 0.921. The van der Waals surface area contributed by atoms with E-state index in [0.29, 0.717) is 34.5 Å². The molecule has 0 aliphatic carbocycles. The molecule has 0 bridgehead atoms. The van der Waals surface area contributed by atoms with Gasteiger partial charge in [0.2, 0.25) is 0 Å². The first-order chi connectivity index (χ1) is 15.0. The zero-order chi connectivity index (χ0) is 22.4. The predicted molar refractivity (Wildman–Crippen MR) is 130 cm³/mol. The smallest absolute Gasteiger partial charge is 0.251 e. The van der Waals surface area contributed by atoms with Crippen LogP contribution in [0.15, 0.2) is 36.4 Å². The van der Waals surface area contributed by atoms with E-state index in [4.69, 9.17) is 27.9 Å². The van der Waals surface area contributed by atoms with E-state index in [0.717, 1.165) is 48.2 Å². The van der Waals surface area contributed by atoms with Gasteiger partial charge in [-0.05, 0) is 69.4 Å². The van der Waals surface area contributed by atoms with Gasteiger partial charge in [-0.2, -0.15) is 0 Å². The molecule has 1 amide bonds. The summed E-state index contributed by atoms with van der Waals surface area (Å²) in [7, 11) is 0. The van der Waals surface area contributed by atoms with Crippen LogP contribution in [0.2, 0.25) is 10.0 Å². The Morgan fingerprint density at radius 2 is 1.81 bits per heavy atom. The van der Waals surface area contributed by atoms with Gasteiger partial charge in [0.25, 0.3) is 5.91 Å². The van der Waals surface area contributed by atoms with E-state index >= 15 is 0 Å². The summed E-state index contributed by atoms with van der Waals surface area (Å²) in [6.45, 7) is 10.4. The number of carbonyl (C=O) groups is 1. The van der Waals surface area contributed by atoms with Crippen LogP contribution in [0.5, 0.6) is 5.75 Å². The molecule has 5 nitrogen and oxygen atoms in total. The van der Waals surface area contributed by atoms with Gasteiger partial charge in [0.15, 0.2) is 0 Å². The van der Waals surface area contributed by atoms with Crippen LogP contribution in [0.25, 0.3) is 22.2 Å². The largest absolute Gasteiger partial charge is 0.493 e. The lowest BCUT2D eigenvalue weighted by Gasteiger charge is -2.17. The summed E-state index contributed by atoms with van der Waals surface area (Å²) in [4.78, 5) is 18.3. The second-order valence-corrected chi connectivity index (χ2v) is 8.13. The first kappa shape index (κ1) is 23.5. The van der Waals surface area contributed by atoms with Crippen LogP contribution in [0.1, 0.15) is 37.6 Å². The van der Waals surface area contributed by atoms with E-state index in [-0.39, 0.29) is 5.91 Å². The van der Waals surface area contributed by atoms with Crippen LogP contribution in [0.3, 0.4) is 0 Å². The number of benzene rings is 2. The fraction of sp³-hybridized carbons (Fsp3) is 0.375. The Labute approximate surface area is 193 Å². The molecule has 0 radical (unpaired) electrons. The van der Waals surface area contributed by atoms with Crippen molar-refractivity contribution in [3.05, 3.63) is 52.0 Å². The molecule has 0 fully saturated rings. The Bertz CT molecular complexity index is 1010. The number of nitrogens with zero attached hydrogens (tertiary/aromatic N) is 1. The molecule has 31 heavy (non-hydrogen) atoms. The SMILES string of the molecule is CCOc1cc(C(=O)NCCCN(CC)CC)ccc1-c1cc2cc(Cl)c(Cl)cc2[nH]1. The average molecular weight is 462 g/mol. The molecule has 0 saturated heterocycles. The van der Waals surface area contributed by atoms with Gasteiger partial charge in [0, 0.05) is 28.6 Å². The number of aromatic amines is 1. The molecule has 3 aromatic rings. The second-order valence-electron chi connectivity index (χ2n) is 7.32. The van der Waals surface area contributed by atoms with Crippen LogP contribution in [0.4, 0.5) is 0 Å². The third-order valence-corrected chi connectivity index (χ3v) is 6.05. The Morgan fingerprint density at radius 3 is 2.52 bits per heavy atom. The highest BCUT2D eigenvalue weighted by Gasteiger charge is 2.14. The summed E-state index contributed by atoms with van der Waals surface area (Å²) in [6, 6.07) is 11.2. The third-order valence-electron chi connectivity index (χ3n) is 5.33. The van der Waals surface area contributed by atoms with Gasteiger partial charge in [-0.3, -0.25) is 4.79 Å². The number of halogens is 2. The molecule has 3 rings (SSSR count). The molecule has 7 heteroatoms. The van der Waals surface area contributed by atoms with Crippen molar-refractivity contribution in [1.82, 2.24) is 15.2 Å². The van der Waals surface area contributed by atoms with Crippen LogP contribution in [-0.2, 0) is 0 Å². The number of aromatic nitrogens is 1. The minimum Gasteiger partial charge on any atom is -0.493 e. The number of H-pyrrole nitrogens is 1. The van der Waals surface area contributed by atoms with Crippen molar-refractivity contribution in [3.63, 3.8) is 0 Å². The van der Waals surface area contributed by atoms with E-state index in [1.165, 1.54) is 0 Å². The van der Waals surface area contributed by atoms with Crippen molar-refractivity contribution in [1.29, 1.82) is 0 Å². The van der Waals surface area contributed by atoms with Crippen molar-refractivity contribution in [2.24, 2.45) is 0 Å². The molecule has 0 unspecified atom stereocenters. The summed E-state index contributed by atoms with van der Waals surface area (Å²) in [5.41, 5.74) is 3.23. The van der Waals surface area contributed by atoms with E-state index in [9.17, 15) is 4.79 Å². The first-order valence-electron chi connectivity index (χ1n) is 10.7. The molecule has 2 N–H and O–H groups in total. The number of ether oxygens (including phenoxy) is 1. The van der Waals surface area contributed by atoms with E-state index in [2.05, 4.69) is 29.0 Å². The molecule has 1 aromatic heterocycles. The zero-order valence-electron chi connectivity index (χ0n) is 18.2. The topological polar surface area (TPSA) is 57.4 Å². The number of hydrogen-bond acceptors (Lipinski definition) is 3. The fourth-order valence-corrected chi connectivity index (χ4v) is 3.91. The van der Waals surface area contributed by atoms with Crippen LogP contribution >= 0.6 is 23.2 Å². The van der Waals surface area contributed by atoms with Crippen LogP contribution in [-0.4, -0.2) is 48.6 Å². The standard InChI is InChI=1S/C24H29Cl2N3O2/c1-4-29(5-2)11-7-10-27-24(30)16-8-9-18(23(14-16)31-6-3)22-13-17-12-19(25)20(26)15-21(17)28-22/h8-9,12-15,28H,4-7,10-11H2,1-3H3,(H,27,30). The van der Waals surface area contributed by atoms with E-state index in [1.807, 2.05) is 37.3 Å². The Hall–Kier alpha value is -2.21. The van der Waals surface area contributed by atoms with Crippen molar-refractivity contribution in [2.45, 2.75) is 27.2 Å². The minimum atomic E-state index is -0.0951. The van der Waals surface area contributed by atoms with Gasteiger partial charge in [0.05, 0.1) is 22.3 Å². The highest BCUT2D eigenvalue weighted by atomic mass is 35.5. The van der Waals surface area contributed by atoms with Gasteiger partial charge in [-0.15, -0.1) is 0 Å². The summed E-state index contributed by atoms with van der Waals surface area (Å²) < 4.78 is 5.85. The lowest BCUT2D eigenvalue weighted by molar-refractivity contribution is 0.0951. The Morgan fingerprint density at radius 1 is 1.06 bits per heavy atom. The van der Waals surface area contributed by atoms with E-state index < -0.39 is 0 Å².